The van der Waals surface area contributed by atoms with Crippen LogP contribution in [0.25, 0.3) is 0 Å². The molecule has 0 atom stereocenters. The Kier molecular flexibility index (Phi) is 4.93. The molecule has 0 aliphatic heterocycles. The Hall–Kier alpha value is -1.40. The van der Waals surface area contributed by atoms with Crippen molar-refractivity contribution in [3.8, 4) is 5.75 Å². The van der Waals surface area contributed by atoms with Crippen LogP contribution >= 0.6 is 27.3 Å². The predicted molar refractivity (Wildman–Crippen MR) is 78.8 cm³/mol. The van der Waals surface area contributed by atoms with Gasteiger partial charge in [0.15, 0.2) is 0 Å². The van der Waals surface area contributed by atoms with E-state index in [9.17, 15) is 4.79 Å². The molecule has 0 fully saturated rings. The number of ether oxygens (including phenoxy) is 1. The van der Waals surface area contributed by atoms with Crippen LogP contribution in [-0.2, 0) is 6.42 Å². The first-order valence-electron chi connectivity index (χ1n) is 5.69. The van der Waals surface area contributed by atoms with Crippen molar-refractivity contribution < 1.29 is 9.53 Å². The monoisotopic (exact) mass is 340 g/mol. The van der Waals surface area contributed by atoms with E-state index >= 15 is 0 Å². The molecule has 0 radical (unpaired) electrons. The smallest absolute Gasteiger partial charge is 0.252 e. The lowest BCUT2D eigenvalue weighted by Crippen LogP contribution is -2.26. The second kappa shape index (κ2) is 6.68. The van der Waals surface area contributed by atoms with Gasteiger partial charge in [-0.1, -0.05) is 0 Å². The summed E-state index contributed by atoms with van der Waals surface area (Å²) in [6, 6.07) is 5.31. The van der Waals surface area contributed by atoms with Crippen molar-refractivity contribution >= 4 is 33.2 Å². The molecule has 1 amide bonds. The van der Waals surface area contributed by atoms with Crippen molar-refractivity contribution in [1.29, 1.82) is 0 Å². The summed E-state index contributed by atoms with van der Waals surface area (Å²) in [5, 5.41) is 4.85. The Morgan fingerprint density at radius 3 is 3.05 bits per heavy atom. The molecule has 1 aromatic carbocycles. The zero-order chi connectivity index (χ0) is 13.7. The third kappa shape index (κ3) is 3.78. The number of thiazole rings is 1. The number of methoxy groups -OCH3 is 1. The lowest BCUT2D eigenvalue weighted by molar-refractivity contribution is 0.0953. The van der Waals surface area contributed by atoms with E-state index in [-0.39, 0.29) is 5.91 Å². The molecular weight excluding hydrogens is 328 g/mol. The lowest BCUT2D eigenvalue weighted by Gasteiger charge is -2.08. The Balaban J connectivity index is 1.95. The standard InChI is InChI=1S/C13H13BrN2O2S/c1-18-10-2-3-12(14)11(6-10)13(17)15-5-4-9-7-19-8-16-9/h2-3,6-8H,4-5H2,1H3,(H,15,17). The Labute approximate surface area is 124 Å². The second-order valence-corrected chi connectivity index (χ2v) is 5.40. The van der Waals surface area contributed by atoms with Crippen molar-refractivity contribution in [3.05, 3.63) is 44.8 Å². The zero-order valence-electron chi connectivity index (χ0n) is 10.4. The highest BCUT2D eigenvalue weighted by Crippen LogP contribution is 2.22. The number of hydrogen-bond donors (Lipinski definition) is 1. The van der Waals surface area contributed by atoms with Gasteiger partial charge in [0.1, 0.15) is 5.75 Å². The van der Waals surface area contributed by atoms with Crippen LogP contribution in [0, 0.1) is 0 Å². The highest BCUT2D eigenvalue weighted by Gasteiger charge is 2.10. The van der Waals surface area contributed by atoms with E-state index in [1.54, 1.807) is 42.2 Å². The topological polar surface area (TPSA) is 51.2 Å². The maximum atomic E-state index is 12.0. The molecule has 1 aromatic heterocycles. The van der Waals surface area contributed by atoms with Crippen molar-refractivity contribution in [1.82, 2.24) is 10.3 Å². The van der Waals surface area contributed by atoms with Crippen LogP contribution < -0.4 is 10.1 Å². The van der Waals surface area contributed by atoms with Gasteiger partial charge in [0, 0.05) is 22.8 Å². The van der Waals surface area contributed by atoms with Crippen LogP contribution in [0.2, 0.25) is 0 Å². The third-order valence-electron chi connectivity index (χ3n) is 2.57. The van der Waals surface area contributed by atoms with Gasteiger partial charge in [0.25, 0.3) is 5.91 Å². The van der Waals surface area contributed by atoms with Gasteiger partial charge in [-0.05, 0) is 34.1 Å². The molecule has 0 bridgehead atoms. The van der Waals surface area contributed by atoms with Crippen LogP contribution in [0.15, 0.2) is 33.6 Å². The number of benzene rings is 1. The molecular formula is C13H13BrN2O2S. The summed E-state index contributed by atoms with van der Waals surface area (Å²) < 4.78 is 5.86. The van der Waals surface area contributed by atoms with E-state index in [0.29, 0.717) is 17.9 Å². The second-order valence-electron chi connectivity index (χ2n) is 3.83. The van der Waals surface area contributed by atoms with E-state index in [1.807, 2.05) is 5.38 Å². The molecule has 2 aromatic rings. The average Bonchev–Trinajstić information content (AvgIpc) is 2.92. The minimum atomic E-state index is -0.124. The summed E-state index contributed by atoms with van der Waals surface area (Å²) in [4.78, 5) is 16.2. The molecule has 6 heteroatoms. The van der Waals surface area contributed by atoms with Crippen LogP contribution in [-0.4, -0.2) is 24.5 Å². The van der Waals surface area contributed by atoms with Gasteiger partial charge >= 0.3 is 0 Å². The van der Waals surface area contributed by atoms with Crippen molar-refractivity contribution in [3.63, 3.8) is 0 Å². The number of amides is 1. The number of carbonyl (C=O) groups excluding carboxylic acids is 1. The van der Waals surface area contributed by atoms with Crippen LogP contribution in [0.3, 0.4) is 0 Å². The number of aromatic nitrogens is 1. The fraction of sp³-hybridized carbons (Fsp3) is 0.231. The molecule has 100 valence electrons. The van der Waals surface area contributed by atoms with Gasteiger partial charge < -0.3 is 10.1 Å². The van der Waals surface area contributed by atoms with Gasteiger partial charge in [0.05, 0.1) is 23.9 Å². The summed E-state index contributed by atoms with van der Waals surface area (Å²) in [5.74, 6) is 0.536. The lowest BCUT2D eigenvalue weighted by atomic mass is 10.2. The average molecular weight is 341 g/mol. The Morgan fingerprint density at radius 1 is 1.53 bits per heavy atom. The summed E-state index contributed by atoms with van der Waals surface area (Å²) in [5.41, 5.74) is 3.35. The molecule has 0 spiro atoms. The zero-order valence-corrected chi connectivity index (χ0v) is 12.8. The van der Waals surface area contributed by atoms with Crippen molar-refractivity contribution in [2.75, 3.05) is 13.7 Å². The minimum Gasteiger partial charge on any atom is -0.497 e. The first-order chi connectivity index (χ1) is 9.20. The number of hydrogen-bond acceptors (Lipinski definition) is 4. The van der Waals surface area contributed by atoms with Crippen molar-refractivity contribution in [2.24, 2.45) is 0 Å². The van der Waals surface area contributed by atoms with Crippen LogP contribution in [0.1, 0.15) is 16.1 Å². The van der Waals surface area contributed by atoms with Gasteiger partial charge in [-0.25, -0.2) is 4.98 Å². The number of rotatable bonds is 5. The first-order valence-corrected chi connectivity index (χ1v) is 7.43. The molecule has 0 saturated heterocycles. The van der Waals surface area contributed by atoms with E-state index in [1.165, 1.54) is 0 Å². The molecule has 0 saturated carbocycles. The third-order valence-corrected chi connectivity index (χ3v) is 3.90. The van der Waals surface area contributed by atoms with Crippen LogP contribution in [0.4, 0.5) is 0 Å². The van der Waals surface area contributed by atoms with E-state index < -0.39 is 0 Å². The SMILES string of the molecule is COc1ccc(Br)c(C(=O)NCCc2cscn2)c1. The summed E-state index contributed by atoms with van der Waals surface area (Å²) >= 11 is 4.92. The highest BCUT2D eigenvalue weighted by molar-refractivity contribution is 9.10. The largest absolute Gasteiger partial charge is 0.497 e. The normalized spacial score (nSPS) is 10.2. The maximum Gasteiger partial charge on any atom is 0.252 e. The molecule has 0 aliphatic carbocycles. The number of carbonyl (C=O) groups is 1. The molecule has 19 heavy (non-hydrogen) atoms. The molecule has 1 N–H and O–H groups in total. The quantitative estimate of drug-likeness (QED) is 0.910. The Bertz CT molecular complexity index is 558. The highest BCUT2D eigenvalue weighted by atomic mass is 79.9. The molecule has 0 unspecified atom stereocenters. The predicted octanol–water partition coefficient (Wildman–Crippen LogP) is 2.89. The fourth-order valence-electron chi connectivity index (χ4n) is 1.57. The number of nitrogens with zero attached hydrogens (tertiary/aromatic N) is 1. The fourth-order valence-corrected chi connectivity index (χ4v) is 2.59. The van der Waals surface area contributed by atoms with Gasteiger partial charge in [0.2, 0.25) is 0 Å². The summed E-state index contributed by atoms with van der Waals surface area (Å²) in [6.45, 7) is 0.562. The summed E-state index contributed by atoms with van der Waals surface area (Å²) in [7, 11) is 1.58. The van der Waals surface area contributed by atoms with E-state index in [4.69, 9.17) is 4.74 Å². The first kappa shape index (κ1) is 14.0. The van der Waals surface area contributed by atoms with Gasteiger partial charge in [-0.15, -0.1) is 11.3 Å². The van der Waals surface area contributed by atoms with E-state index in [2.05, 4.69) is 26.2 Å². The van der Waals surface area contributed by atoms with Gasteiger partial charge in [-0.2, -0.15) is 0 Å². The minimum absolute atomic E-state index is 0.124. The van der Waals surface area contributed by atoms with Gasteiger partial charge in [-0.3, -0.25) is 4.79 Å². The van der Waals surface area contributed by atoms with Crippen molar-refractivity contribution in [2.45, 2.75) is 6.42 Å². The molecule has 1 heterocycles. The molecule has 4 nitrogen and oxygen atoms in total. The van der Waals surface area contributed by atoms with Crippen LogP contribution in [0.5, 0.6) is 5.75 Å². The Morgan fingerprint density at radius 2 is 2.37 bits per heavy atom. The van der Waals surface area contributed by atoms with E-state index in [0.717, 1.165) is 16.6 Å². The maximum absolute atomic E-state index is 12.0. The number of nitrogens with one attached hydrogen (secondary N) is 1. The molecule has 2 rings (SSSR count). The summed E-state index contributed by atoms with van der Waals surface area (Å²) in [6.07, 6.45) is 0.733. The molecule has 0 aliphatic rings. The number of halogens is 1.